The Morgan fingerprint density at radius 2 is 1.96 bits per heavy atom. The summed E-state index contributed by atoms with van der Waals surface area (Å²) in [6.45, 7) is 1.58. The fourth-order valence-electron chi connectivity index (χ4n) is 2.35. The lowest BCUT2D eigenvalue weighted by Crippen LogP contribution is -2.34. The second kappa shape index (κ2) is 5.45. The van der Waals surface area contributed by atoms with E-state index in [1.54, 1.807) is 25.3 Å². The van der Waals surface area contributed by atoms with Crippen LogP contribution in [0, 0.1) is 6.92 Å². The predicted molar refractivity (Wildman–Crippen MR) is 79.9 cm³/mol. The molecule has 0 amide bonds. The summed E-state index contributed by atoms with van der Waals surface area (Å²) < 4.78 is 43.9. The van der Waals surface area contributed by atoms with E-state index in [9.17, 15) is 13.2 Å². The molecule has 0 fully saturated rings. The lowest BCUT2D eigenvalue weighted by atomic mass is 10.0. The molecule has 0 bridgehead atoms. The van der Waals surface area contributed by atoms with Gasteiger partial charge in [-0.2, -0.15) is 13.2 Å². The van der Waals surface area contributed by atoms with Gasteiger partial charge in [-0.3, -0.25) is 10.9 Å². The van der Waals surface area contributed by atoms with E-state index >= 15 is 0 Å². The monoisotopic (exact) mass is 322 g/mol. The zero-order valence-corrected chi connectivity index (χ0v) is 12.3. The molecule has 5 nitrogen and oxygen atoms in total. The normalized spacial score (nSPS) is 13.5. The Kier molecular flexibility index (Phi) is 3.59. The van der Waals surface area contributed by atoms with Crippen molar-refractivity contribution in [1.29, 1.82) is 0 Å². The van der Waals surface area contributed by atoms with Gasteiger partial charge in [0.2, 0.25) is 0 Å². The van der Waals surface area contributed by atoms with Crippen LogP contribution in [0.2, 0.25) is 0 Å². The van der Waals surface area contributed by atoms with Crippen LogP contribution < -0.4 is 15.6 Å². The maximum atomic E-state index is 12.9. The van der Waals surface area contributed by atoms with Crippen molar-refractivity contribution in [2.24, 2.45) is 4.99 Å². The summed E-state index contributed by atoms with van der Waals surface area (Å²) in [6, 6.07) is 5.51. The number of nitrogens with one attached hydrogen (secondary N) is 2. The Morgan fingerprint density at radius 3 is 2.65 bits per heavy atom. The van der Waals surface area contributed by atoms with Gasteiger partial charge < -0.3 is 4.74 Å². The quantitative estimate of drug-likeness (QED) is 0.889. The molecule has 1 aliphatic heterocycles. The maximum absolute atomic E-state index is 12.9. The van der Waals surface area contributed by atoms with Crippen molar-refractivity contribution in [3.05, 3.63) is 47.2 Å². The lowest BCUT2D eigenvalue weighted by molar-refractivity contribution is -0.137. The molecule has 0 radical (unpaired) electrons. The number of amidine groups is 1. The number of hydrogen-bond donors (Lipinski definition) is 2. The number of aromatic nitrogens is 1. The van der Waals surface area contributed by atoms with Crippen LogP contribution in [0.4, 0.5) is 24.7 Å². The lowest BCUT2D eigenvalue weighted by Gasteiger charge is -2.22. The van der Waals surface area contributed by atoms with E-state index in [0.717, 1.165) is 12.1 Å². The summed E-state index contributed by atoms with van der Waals surface area (Å²) in [6.07, 6.45) is -2.83. The standard InChI is InChI=1S/C15H13F3N4O/c1-8-6-9(15(16,17)18)7-11(23-2)12(8)14-20-10-4-3-5-19-13(10)21-22-14/h3-7H,1-2H3,(H,19,21)(H,20,22). The fraction of sp³-hybridized carbons (Fsp3) is 0.200. The Balaban J connectivity index is 2.12. The third-order valence-corrected chi connectivity index (χ3v) is 3.40. The predicted octanol–water partition coefficient (Wildman–Crippen LogP) is 3.43. The van der Waals surface area contributed by atoms with E-state index in [1.165, 1.54) is 7.11 Å². The van der Waals surface area contributed by atoms with E-state index in [2.05, 4.69) is 20.8 Å². The number of methoxy groups -OCH3 is 1. The number of fused-ring (bicyclic) bond motifs is 1. The number of aliphatic imine (C=N–C) groups is 1. The third kappa shape index (κ3) is 2.79. The second-order valence-corrected chi connectivity index (χ2v) is 4.95. The molecular weight excluding hydrogens is 309 g/mol. The smallest absolute Gasteiger partial charge is 0.416 e. The summed E-state index contributed by atoms with van der Waals surface area (Å²) in [5, 5.41) is 0. The highest BCUT2D eigenvalue weighted by Crippen LogP contribution is 2.36. The number of aryl methyl sites for hydroxylation is 1. The first-order valence-electron chi connectivity index (χ1n) is 6.72. The molecule has 120 valence electrons. The van der Waals surface area contributed by atoms with Crippen LogP contribution in [-0.4, -0.2) is 17.9 Å². The summed E-state index contributed by atoms with van der Waals surface area (Å²) in [4.78, 5) is 8.49. The second-order valence-electron chi connectivity index (χ2n) is 4.95. The summed E-state index contributed by atoms with van der Waals surface area (Å²) in [7, 11) is 1.32. The molecule has 0 spiro atoms. The molecule has 3 rings (SSSR count). The number of rotatable bonds is 2. The van der Waals surface area contributed by atoms with Gasteiger partial charge in [-0.1, -0.05) is 0 Å². The number of alkyl halides is 3. The first-order chi connectivity index (χ1) is 10.9. The molecule has 1 aromatic carbocycles. The van der Waals surface area contributed by atoms with Crippen LogP contribution in [0.15, 0.2) is 35.5 Å². The average Bonchev–Trinajstić information content (AvgIpc) is 2.52. The number of ether oxygens (including phenoxy) is 1. The zero-order valence-electron chi connectivity index (χ0n) is 12.3. The van der Waals surface area contributed by atoms with Gasteiger partial charge in [0.25, 0.3) is 0 Å². The van der Waals surface area contributed by atoms with Gasteiger partial charge in [-0.15, -0.1) is 0 Å². The van der Waals surface area contributed by atoms with Crippen LogP contribution in [-0.2, 0) is 6.18 Å². The average molecular weight is 322 g/mol. The molecule has 2 aromatic rings. The van der Waals surface area contributed by atoms with Gasteiger partial charge in [0.15, 0.2) is 11.7 Å². The first-order valence-corrected chi connectivity index (χ1v) is 6.72. The minimum Gasteiger partial charge on any atom is -0.496 e. The van der Waals surface area contributed by atoms with Gasteiger partial charge in [-0.25, -0.2) is 9.98 Å². The highest BCUT2D eigenvalue weighted by atomic mass is 19.4. The van der Waals surface area contributed by atoms with E-state index in [4.69, 9.17) is 4.74 Å². The minimum atomic E-state index is -4.44. The SMILES string of the molecule is COc1cc(C(F)(F)F)cc(C)c1C1=Nc2cccnc2NN1. The maximum Gasteiger partial charge on any atom is 0.416 e. The number of hydrazine groups is 1. The van der Waals surface area contributed by atoms with E-state index in [0.29, 0.717) is 28.5 Å². The van der Waals surface area contributed by atoms with E-state index in [1.807, 2.05) is 0 Å². The van der Waals surface area contributed by atoms with Gasteiger partial charge >= 0.3 is 6.18 Å². The topological polar surface area (TPSA) is 58.5 Å². The number of pyridine rings is 1. The van der Waals surface area contributed by atoms with Crippen molar-refractivity contribution < 1.29 is 17.9 Å². The number of benzene rings is 1. The first kappa shape index (κ1) is 15.1. The fourth-order valence-corrected chi connectivity index (χ4v) is 2.35. The van der Waals surface area contributed by atoms with Crippen molar-refractivity contribution in [1.82, 2.24) is 10.4 Å². The zero-order chi connectivity index (χ0) is 16.6. The Labute approximate surface area is 130 Å². The van der Waals surface area contributed by atoms with Gasteiger partial charge in [0, 0.05) is 6.20 Å². The van der Waals surface area contributed by atoms with Crippen LogP contribution >= 0.6 is 0 Å². The summed E-state index contributed by atoms with van der Waals surface area (Å²) in [5.74, 6) is 1.01. The molecule has 0 saturated carbocycles. The van der Waals surface area contributed by atoms with Crippen molar-refractivity contribution >= 4 is 17.3 Å². The molecule has 2 heterocycles. The van der Waals surface area contributed by atoms with Crippen molar-refractivity contribution in [2.75, 3.05) is 12.5 Å². The molecule has 0 saturated heterocycles. The molecule has 0 aliphatic carbocycles. The van der Waals surface area contributed by atoms with Crippen LogP contribution in [0.3, 0.4) is 0 Å². The Morgan fingerprint density at radius 1 is 1.17 bits per heavy atom. The van der Waals surface area contributed by atoms with Crippen molar-refractivity contribution in [2.45, 2.75) is 13.1 Å². The summed E-state index contributed by atoms with van der Waals surface area (Å²) >= 11 is 0. The molecule has 8 heteroatoms. The number of hydrogen-bond acceptors (Lipinski definition) is 5. The van der Waals surface area contributed by atoms with Crippen LogP contribution in [0.5, 0.6) is 5.75 Å². The molecule has 2 N–H and O–H groups in total. The molecule has 1 aliphatic rings. The molecular formula is C15H13F3N4O. The third-order valence-electron chi connectivity index (χ3n) is 3.40. The number of anilines is 1. The van der Waals surface area contributed by atoms with Crippen molar-refractivity contribution in [3.8, 4) is 5.75 Å². The van der Waals surface area contributed by atoms with E-state index in [-0.39, 0.29) is 5.75 Å². The van der Waals surface area contributed by atoms with Crippen LogP contribution in [0.1, 0.15) is 16.7 Å². The number of nitrogens with zero attached hydrogens (tertiary/aromatic N) is 2. The Hall–Kier alpha value is -2.77. The molecule has 23 heavy (non-hydrogen) atoms. The molecule has 0 atom stereocenters. The van der Waals surface area contributed by atoms with Gasteiger partial charge in [0.1, 0.15) is 11.4 Å². The highest BCUT2D eigenvalue weighted by molar-refractivity contribution is 6.06. The van der Waals surface area contributed by atoms with Gasteiger partial charge in [0.05, 0.1) is 18.2 Å². The van der Waals surface area contributed by atoms with Gasteiger partial charge in [-0.05, 0) is 36.8 Å². The minimum absolute atomic E-state index is 0.0951. The van der Waals surface area contributed by atoms with E-state index < -0.39 is 11.7 Å². The summed E-state index contributed by atoms with van der Waals surface area (Å²) in [5.41, 5.74) is 6.39. The van der Waals surface area contributed by atoms with Crippen molar-refractivity contribution in [3.63, 3.8) is 0 Å². The Bertz CT molecular complexity index is 787. The highest BCUT2D eigenvalue weighted by Gasteiger charge is 2.33. The van der Waals surface area contributed by atoms with Crippen LogP contribution in [0.25, 0.3) is 0 Å². The largest absolute Gasteiger partial charge is 0.496 e. The molecule has 1 aromatic heterocycles. The molecule has 0 unspecified atom stereocenters. The number of halogens is 3.